The highest BCUT2D eigenvalue weighted by Gasteiger charge is 2.07. The number of nitrogens with zero attached hydrogens (tertiary/aromatic N) is 2. The number of halogens is 2. The fourth-order valence-electron chi connectivity index (χ4n) is 2.05. The van der Waals surface area contributed by atoms with Crippen molar-refractivity contribution in [2.45, 2.75) is 6.54 Å². The Labute approximate surface area is 122 Å². The number of fused-ring (bicyclic) bond motifs is 1. The molecule has 0 N–H and O–H groups in total. The van der Waals surface area contributed by atoms with Crippen molar-refractivity contribution in [3.63, 3.8) is 0 Å². The zero-order valence-corrected chi connectivity index (χ0v) is 12.0. The Hall–Kier alpha value is -2.01. The highest BCUT2D eigenvalue weighted by molar-refractivity contribution is 9.10. The maximum Gasteiger partial charge on any atom is 0.261 e. The van der Waals surface area contributed by atoms with Gasteiger partial charge in [0, 0.05) is 10.5 Å². The Balaban J connectivity index is 2.09. The third-order valence-electron chi connectivity index (χ3n) is 3.09. The van der Waals surface area contributed by atoms with Crippen LogP contribution < -0.4 is 5.56 Å². The largest absolute Gasteiger partial charge is 0.294 e. The van der Waals surface area contributed by atoms with Gasteiger partial charge in [0.25, 0.3) is 5.56 Å². The van der Waals surface area contributed by atoms with Gasteiger partial charge in [-0.25, -0.2) is 9.37 Å². The number of aromatic nitrogens is 2. The molecule has 0 aliphatic carbocycles. The molecule has 0 amide bonds. The van der Waals surface area contributed by atoms with Crippen LogP contribution in [-0.2, 0) is 6.54 Å². The highest BCUT2D eigenvalue weighted by Crippen LogP contribution is 2.17. The van der Waals surface area contributed by atoms with E-state index in [4.69, 9.17) is 0 Å². The molecule has 20 heavy (non-hydrogen) atoms. The van der Waals surface area contributed by atoms with E-state index in [-0.39, 0.29) is 5.56 Å². The summed E-state index contributed by atoms with van der Waals surface area (Å²) in [5, 5.41) is 0.418. The third-order valence-corrected chi connectivity index (χ3v) is 3.86. The average molecular weight is 333 g/mol. The van der Waals surface area contributed by atoms with Crippen molar-refractivity contribution in [3.8, 4) is 0 Å². The lowest BCUT2D eigenvalue weighted by Gasteiger charge is -2.08. The molecular formula is C15H10BrFN2O. The Morgan fingerprint density at radius 1 is 1.20 bits per heavy atom. The maximum absolute atomic E-state index is 13.1. The molecule has 0 unspecified atom stereocenters. The summed E-state index contributed by atoms with van der Waals surface area (Å²) in [7, 11) is 0. The van der Waals surface area contributed by atoms with Crippen LogP contribution in [0.1, 0.15) is 5.56 Å². The van der Waals surface area contributed by atoms with Crippen LogP contribution in [0.2, 0.25) is 0 Å². The van der Waals surface area contributed by atoms with Crippen LogP contribution in [-0.4, -0.2) is 9.55 Å². The van der Waals surface area contributed by atoms with Gasteiger partial charge in [0.1, 0.15) is 5.82 Å². The third kappa shape index (κ3) is 2.36. The Morgan fingerprint density at radius 3 is 2.80 bits per heavy atom. The number of hydrogen-bond donors (Lipinski definition) is 0. The van der Waals surface area contributed by atoms with E-state index in [9.17, 15) is 9.18 Å². The minimum Gasteiger partial charge on any atom is -0.294 e. The number of rotatable bonds is 2. The second-order valence-electron chi connectivity index (χ2n) is 4.43. The predicted octanol–water partition coefficient (Wildman–Crippen LogP) is 3.35. The molecule has 0 radical (unpaired) electrons. The Morgan fingerprint density at radius 2 is 2.00 bits per heavy atom. The molecule has 2 aromatic carbocycles. The molecule has 0 aliphatic rings. The second kappa shape index (κ2) is 5.17. The summed E-state index contributed by atoms with van der Waals surface area (Å²) in [6.07, 6.45) is 1.45. The molecule has 1 heterocycles. The van der Waals surface area contributed by atoms with E-state index in [1.807, 2.05) is 24.3 Å². The van der Waals surface area contributed by atoms with Crippen molar-refractivity contribution < 1.29 is 4.39 Å². The smallest absolute Gasteiger partial charge is 0.261 e. The molecule has 0 spiro atoms. The lowest BCUT2D eigenvalue weighted by molar-refractivity contribution is 0.629. The minimum atomic E-state index is -0.395. The molecule has 0 saturated carbocycles. The fourth-order valence-corrected chi connectivity index (χ4v) is 2.46. The van der Waals surface area contributed by atoms with E-state index in [1.165, 1.54) is 29.1 Å². The summed E-state index contributed by atoms with van der Waals surface area (Å²) in [4.78, 5) is 16.5. The Bertz CT molecular complexity index is 845. The monoisotopic (exact) mass is 332 g/mol. The van der Waals surface area contributed by atoms with E-state index in [2.05, 4.69) is 20.9 Å². The summed E-state index contributed by atoms with van der Waals surface area (Å²) in [6.45, 7) is 0.417. The van der Waals surface area contributed by atoms with Crippen molar-refractivity contribution in [2.24, 2.45) is 0 Å². The van der Waals surface area contributed by atoms with Crippen molar-refractivity contribution >= 4 is 26.8 Å². The van der Waals surface area contributed by atoms with Gasteiger partial charge < -0.3 is 0 Å². The van der Waals surface area contributed by atoms with Crippen LogP contribution in [0.15, 0.2) is 58.1 Å². The van der Waals surface area contributed by atoms with E-state index in [0.717, 1.165) is 10.0 Å². The lowest BCUT2D eigenvalue weighted by Crippen LogP contribution is -2.21. The normalized spacial score (nSPS) is 10.9. The molecule has 5 heteroatoms. The summed E-state index contributed by atoms with van der Waals surface area (Å²) in [6, 6.07) is 11.7. The van der Waals surface area contributed by atoms with Gasteiger partial charge in [-0.3, -0.25) is 9.36 Å². The fraction of sp³-hybridized carbons (Fsp3) is 0.0667. The minimum absolute atomic E-state index is 0.175. The quantitative estimate of drug-likeness (QED) is 0.721. The van der Waals surface area contributed by atoms with Crippen LogP contribution in [0.25, 0.3) is 10.9 Å². The van der Waals surface area contributed by atoms with Gasteiger partial charge in [-0.2, -0.15) is 0 Å². The van der Waals surface area contributed by atoms with Crippen molar-refractivity contribution in [3.05, 3.63) is 75.0 Å². The van der Waals surface area contributed by atoms with Gasteiger partial charge in [-0.1, -0.05) is 34.1 Å². The summed E-state index contributed by atoms with van der Waals surface area (Å²) in [5.41, 5.74) is 1.18. The van der Waals surface area contributed by atoms with E-state index in [1.54, 1.807) is 0 Å². The number of benzene rings is 2. The highest BCUT2D eigenvalue weighted by atomic mass is 79.9. The Kier molecular flexibility index (Phi) is 3.36. The SMILES string of the molecule is O=c1c2ccc(F)cc2ncn1Cc1ccccc1Br. The molecule has 0 atom stereocenters. The summed E-state index contributed by atoms with van der Waals surface area (Å²) >= 11 is 3.45. The topological polar surface area (TPSA) is 34.9 Å². The molecular weight excluding hydrogens is 323 g/mol. The molecule has 3 nitrogen and oxygen atoms in total. The van der Waals surface area contributed by atoms with E-state index in [0.29, 0.717) is 17.4 Å². The molecule has 100 valence electrons. The first-order valence-corrected chi connectivity index (χ1v) is 6.82. The summed E-state index contributed by atoms with van der Waals surface area (Å²) < 4.78 is 15.6. The first kappa shape index (κ1) is 13.0. The van der Waals surface area contributed by atoms with Gasteiger partial charge >= 0.3 is 0 Å². The molecule has 0 aliphatic heterocycles. The van der Waals surface area contributed by atoms with Gasteiger partial charge in [0.05, 0.1) is 23.8 Å². The van der Waals surface area contributed by atoms with Crippen LogP contribution in [0.3, 0.4) is 0 Å². The average Bonchev–Trinajstić information content (AvgIpc) is 2.44. The van der Waals surface area contributed by atoms with Crippen LogP contribution in [0.5, 0.6) is 0 Å². The molecule has 0 saturated heterocycles. The standard InChI is InChI=1S/C15H10BrFN2O/c16-13-4-2-1-3-10(13)8-19-9-18-14-7-11(17)5-6-12(14)15(19)20/h1-7,9H,8H2. The van der Waals surface area contributed by atoms with Crippen molar-refractivity contribution in [1.29, 1.82) is 0 Å². The van der Waals surface area contributed by atoms with Gasteiger partial charge in [-0.05, 0) is 23.8 Å². The molecule has 3 aromatic rings. The van der Waals surface area contributed by atoms with Crippen molar-refractivity contribution in [1.82, 2.24) is 9.55 Å². The predicted molar refractivity (Wildman–Crippen MR) is 79.2 cm³/mol. The van der Waals surface area contributed by atoms with Crippen LogP contribution >= 0.6 is 15.9 Å². The van der Waals surface area contributed by atoms with Gasteiger partial charge in [-0.15, -0.1) is 0 Å². The lowest BCUT2D eigenvalue weighted by atomic mass is 10.2. The second-order valence-corrected chi connectivity index (χ2v) is 5.28. The molecule has 0 bridgehead atoms. The van der Waals surface area contributed by atoms with Crippen LogP contribution in [0.4, 0.5) is 4.39 Å². The van der Waals surface area contributed by atoms with E-state index < -0.39 is 5.82 Å². The zero-order chi connectivity index (χ0) is 14.1. The molecule has 3 rings (SSSR count). The van der Waals surface area contributed by atoms with E-state index >= 15 is 0 Å². The zero-order valence-electron chi connectivity index (χ0n) is 10.4. The van der Waals surface area contributed by atoms with Gasteiger partial charge in [0.2, 0.25) is 0 Å². The molecule has 1 aromatic heterocycles. The van der Waals surface area contributed by atoms with Crippen molar-refractivity contribution in [2.75, 3.05) is 0 Å². The van der Waals surface area contributed by atoms with Crippen LogP contribution in [0, 0.1) is 5.82 Å². The molecule has 0 fully saturated rings. The first-order valence-electron chi connectivity index (χ1n) is 6.03. The maximum atomic E-state index is 13.1. The summed E-state index contributed by atoms with van der Waals surface area (Å²) in [5.74, 6) is -0.395. The first-order chi connectivity index (χ1) is 9.65. The number of hydrogen-bond acceptors (Lipinski definition) is 2. The van der Waals surface area contributed by atoms with Gasteiger partial charge in [0.15, 0.2) is 0 Å².